The molecule has 58 valence electrons. The standard InChI is InChI=1S/C8H8BrNO/c1-8(5-11-8)6-2-7(9)4-10-3-6/h2-4H,5H2,1H3/t8-/m0/s1. The van der Waals surface area contributed by atoms with Gasteiger partial charge in [0.05, 0.1) is 6.61 Å². The van der Waals surface area contributed by atoms with Crippen LogP contribution in [0.2, 0.25) is 0 Å². The van der Waals surface area contributed by atoms with Crippen LogP contribution in [0, 0.1) is 0 Å². The molecule has 11 heavy (non-hydrogen) atoms. The lowest BCUT2D eigenvalue weighted by atomic mass is 10.1. The molecule has 2 nitrogen and oxygen atoms in total. The monoisotopic (exact) mass is 213 g/mol. The van der Waals surface area contributed by atoms with Crippen LogP contribution in [0.25, 0.3) is 0 Å². The van der Waals surface area contributed by atoms with Crippen molar-refractivity contribution < 1.29 is 4.74 Å². The van der Waals surface area contributed by atoms with Crippen molar-refractivity contribution in [3.05, 3.63) is 28.5 Å². The van der Waals surface area contributed by atoms with Crippen molar-refractivity contribution in [1.82, 2.24) is 4.98 Å². The second-order valence-electron chi connectivity index (χ2n) is 2.91. The fraction of sp³-hybridized carbons (Fsp3) is 0.375. The van der Waals surface area contributed by atoms with E-state index in [1.165, 1.54) is 0 Å². The molecule has 1 aliphatic heterocycles. The number of aromatic nitrogens is 1. The van der Waals surface area contributed by atoms with Crippen LogP contribution in [0.15, 0.2) is 22.9 Å². The Morgan fingerprint density at radius 1 is 1.64 bits per heavy atom. The minimum absolute atomic E-state index is 0.0587. The zero-order chi connectivity index (χ0) is 7.90. The van der Waals surface area contributed by atoms with Crippen molar-refractivity contribution in [1.29, 1.82) is 0 Å². The summed E-state index contributed by atoms with van der Waals surface area (Å²) in [6.07, 6.45) is 3.62. The number of epoxide rings is 1. The van der Waals surface area contributed by atoms with Crippen LogP contribution in [-0.2, 0) is 10.3 Å². The van der Waals surface area contributed by atoms with Crippen molar-refractivity contribution in [2.45, 2.75) is 12.5 Å². The summed E-state index contributed by atoms with van der Waals surface area (Å²) in [4.78, 5) is 4.06. The Kier molecular flexibility index (Phi) is 1.51. The number of ether oxygens (including phenoxy) is 1. The number of hydrogen-bond donors (Lipinski definition) is 0. The minimum Gasteiger partial charge on any atom is -0.365 e. The summed E-state index contributed by atoms with van der Waals surface area (Å²) in [5.41, 5.74) is 1.09. The summed E-state index contributed by atoms with van der Waals surface area (Å²) >= 11 is 3.36. The Hall–Kier alpha value is -0.410. The van der Waals surface area contributed by atoms with Gasteiger partial charge >= 0.3 is 0 Å². The summed E-state index contributed by atoms with van der Waals surface area (Å²) in [6.45, 7) is 2.88. The largest absolute Gasteiger partial charge is 0.365 e. The highest BCUT2D eigenvalue weighted by molar-refractivity contribution is 9.10. The van der Waals surface area contributed by atoms with Crippen LogP contribution < -0.4 is 0 Å². The van der Waals surface area contributed by atoms with E-state index in [1.807, 2.05) is 12.3 Å². The smallest absolute Gasteiger partial charge is 0.115 e. The summed E-state index contributed by atoms with van der Waals surface area (Å²) in [5, 5.41) is 0. The van der Waals surface area contributed by atoms with E-state index in [-0.39, 0.29) is 5.60 Å². The van der Waals surface area contributed by atoms with Crippen LogP contribution in [0.3, 0.4) is 0 Å². The molecular formula is C8H8BrNO. The first kappa shape index (κ1) is 7.25. The van der Waals surface area contributed by atoms with Gasteiger partial charge in [0.1, 0.15) is 5.60 Å². The van der Waals surface area contributed by atoms with E-state index in [2.05, 4.69) is 27.8 Å². The normalized spacial score (nSPS) is 28.5. The molecule has 1 atom stereocenters. The van der Waals surface area contributed by atoms with Crippen LogP contribution in [-0.4, -0.2) is 11.6 Å². The summed E-state index contributed by atoms with van der Waals surface area (Å²) in [5.74, 6) is 0. The van der Waals surface area contributed by atoms with Gasteiger partial charge in [0.15, 0.2) is 0 Å². The molecule has 0 aromatic carbocycles. The average Bonchev–Trinajstić information content (AvgIpc) is 2.70. The molecule has 0 aliphatic carbocycles. The highest BCUT2D eigenvalue weighted by atomic mass is 79.9. The van der Waals surface area contributed by atoms with Crippen LogP contribution in [0.5, 0.6) is 0 Å². The Balaban J connectivity index is 2.38. The third-order valence-corrected chi connectivity index (χ3v) is 2.33. The van der Waals surface area contributed by atoms with Crippen molar-refractivity contribution >= 4 is 15.9 Å². The molecule has 0 saturated carbocycles. The van der Waals surface area contributed by atoms with Gasteiger partial charge in [-0.1, -0.05) is 0 Å². The first-order chi connectivity index (χ1) is 5.21. The van der Waals surface area contributed by atoms with E-state index in [4.69, 9.17) is 4.74 Å². The molecule has 0 bridgehead atoms. The van der Waals surface area contributed by atoms with E-state index >= 15 is 0 Å². The third kappa shape index (κ3) is 1.30. The Bertz CT molecular complexity index is 283. The lowest BCUT2D eigenvalue weighted by Crippen LogP contribution is -2.01. The molecule has 0 radical (unpaired) electrons. The van der Waals surface area contributed by atoms with E-state index in [0.717, 1.165) is 16.6 Å². The van der Waals surface area contributed by atoms with Gasteiger partial charge in [-0.25, -0.2) is 0 Å². The van der Waals surface area contributed by atoms with Gasteiger partial charge in [-0.2, -0.15) is 0 Å². The quantitative estimate of drug-likeness (QED) is 0.668. The van der Waals surface area contributed by atoms with Gasteiger partial charge in [0, 0.05) is 22.4 Å². The van der Waals surface area contributed by atoms with Gasteiger partial charge in [0.25, 0.3) is 0 Å². The molecule has 0 amide bonds. The highest BCUT2D eigenvalue weighted by Gasteiger charge is 2.41. The van der Waals surface area contributed by atoms with E-state index < -0.39 is 0 Å². The van der Waals surface area contributed by atoms with Gasteiger partial charge < -0.3 is 4.74 Å². The van der Waals surface area contributed by atoms with Gasteiger partial charge in [0.2, 0.25) is 0 Å². The fourth-order valence-corrected chi connectivity index (χ4v) is 1.34. The molecule has 3 heteroatoms. The van der Waals surface area contributed by atoms with Crippen LogP contribution in [0.4, 0.5) is 0 Å². The molecular weight excluding hydrogens is 206 g/mol. The Labute approximate surface area is 73.7 Å². The molecule has 0 N–H and O–H groups in total. The maximum absolute atomic E-state index is 5.28. The van der Waals surface area contributed by atoms with E-state index in [9.17, 15) is 0 Å². The third-order valence-electron chi connectivity index (χ3n) is 1.89. The second-order valence-corrected chi connectivity index (χ2v) is 3.83. The SMILES string of the molecule is C[C@@]1(c2cncc(Br)c2)CO1. The number of rotatable bonds is 1. The number of halogens is 1. The van der Waals surface area contributed by atoms with Crippen molar-refractivity contribution in [2.75, 3.05) is 6.61 Å². The lowest BCUT2D eigenvalue weighted by Gasteiger charge is -2.03. The number of hydrogen-bond acceptors (Lipinski definition) is 2. The second kappa shape index (κ2) is 2.29. The first-order valence-corrected chi connectivity index (χ1v) is 4.25. The lowest BCUT2D eigenvalue weighted by molar-refractivity contribution is 0.329. The first-order valence-electron chi connectivity index (χ1n) is 3.46. The molecule has 2 heterocycles. The van der Waals surface area contributed by atoms with Gasteiger partial charge in [-0.15, -0.1) is 0 Å². The summed E-state index contributed by atoms with van der Waals surface area (Å²) in [6, 6.07) is 2.04. The molecule has 0 spiro atoms. The minimum atomic E-state index is -0.0587. The van der Waals surface area contributed by atoms with Crippen molar-refractivity contribution in [3.63, 3.8) is 0 Å². The van der Waals surface area contributed by atoms with E-state index in [0.29, 0.717) is 0 Å². The van der Waals surface area contributed by atoms with Gasteiger partial charge in [-0.05, 0) is 28.9 Å². The topological polar surface area (TPSA) is 25.4 Å². The van der Waals surface area contributed by atoms with Crippen LogP contribution in [0.1, 0.15) is 12.5 Å². The molecule has 1 aromatic rings. The average molecular weight is 214 g/mol. The molecule has 1 aromatic heterocycles. The highest BCUT2D eigenvalue weighted by Crippen LogP contribution is 2.37. The van der Waals surface area contributed by atoms with Crippen LogP contribution >= 0.6 is 15.9 Å². The summed E-state index contributed by atoms with van der Waals surface area (Å²) < 4.78 is 6.28. The number of nitrogens with zero attached hydrogens (tertiary/aromatic N) is 1. The molecule has 1 aliphatic rings. The van der Waals surface area contributed by atoms with Gasteiger partial charge in [-0.3, -0.25) is 4.98 Å². The maximum atomic E-state index is 5.28. The predicted octanol–water partition coefficient (Wildman–Crippen LogP) is 2.09. The predicted molar refractivity (Wildman–Crippen MR) is 45.2 cm³/mol. The molecule has 2 rings (SSSR count). The molecule has 0 unspecified atom stereocenters. The Morgan fingerprint density at radius 2 is 2.36 bits per heavy atom. The van der Waals surface area contributed by atoms with Crippen molar-refractivity contribution in [3.8, 4) is 0 Å². The maximum Gasteiger partial charge on any atom is 0.115 e. The molecule has 1 fully saturated rings. The Morgan fingerprint density at radius 3 is 2.91 bits per heavy atom. The number of pyridine rings is 1. The van der Waals surface area contributed by atoms with Crippen molar-refractivity contribution in [2.24, 2.45) is 0 Å². The zero-order valence-electron chi connectivity index (χ0n) is 6.17. The molecule has 1 saturated heterocycles. The summed E-state index contributed by atoms with van der Waals surface area (Å²) in [7, 11) is 0. The zero-order valence-corrected chi connectivity index (χ0v) is 7.76. The fourth-order valence-electron chi connectivity index (χ4n) is 0.976. The van der Waals surface area contributed by atoms with E-state index in [1.54, 1.807) is 6.20 Å².